The zero-order valence-electron chi connectivity index (χ0n) is 18.5. The first-order valence-corrected chi connectivity index (χ1v) is 11.0. The molecule has 4 heterocycles. The molecular weight excluding hydrogens is 426 g/mol. The molecular formula is C22H27N7O4. The number of anilines is 3. The Morgan fingerprint density at radius 3 is 2.85 bits per heavy atom. The minimum absolute atomic E-state index is 0.0315. The molecule has 1 saturated carbocycles. The highest BCUT2D eigenvalue weighted by molar-refractivity contribution is 6.00. The summed E-state index contributed by atoms with van der Waals surface area (Å²) in [6, 6.07) is 5.14. The summed E-state index contributed by atoms with van der Waals surface area (Å²) in [5.74, 6) is 0.713. The lowest BCUT2D eigenvalue weighted by Gasteiger charge is -2.28. The molecule has 0 bridgehead atoms. The average molecular weight is 454 g/mol. The number of amides is 1. The summed E-state index contributed by atoms with van der Waals surface area (Å²) < 4.78 is 8.40. The van der Waals surface area contributed by atoms with Crippen LogP contribution in [0.15, 0.2) is 35.4 Å². The zero-order chi connectivity index (χ0) is 23.2. The van der Waals surface area contributed by atoms with Gasteiger partial charge in [-0.25, -0.2) is 4.98 Å². The number of carbonyl (C=O) groups is 1. The lowest BCUT2D eigenvalue weighted by atomic mass is 10.1. The predicted octanol–water partition coefficient (Wildman–Crippen LogP) is 1.28. The van der Waals surface area contributed by atoms with E-state index >= 15 is 0 Å². The highest BCUT2D eigenvalue weighted by atomic mass is 16.5. The number of ether oxygens (including phenoxy) is 1. The first kappa shape index (κ1) is 21.4. The number of hydrogen-bond donors (Lipinski definition) is 4. The summed E-state index contributed by atoms with van der Waals surface area (Å²) in [6.07, 6.45) is 5.08. The van der Waals surface area contributed by atoms with E-state index in [1.807, 2.05) is 0 Å². The minimum Gasteiger partial charge on any atom is -0.390 e. The van der Waals surface area contributed by atoms with Crippen LogP contribution in [0.5, 0.6) is 0 Å². The van der Waals surface area contributed by atoms with Crippen molar-refractivity contribution in [3.8, 4) is 0 Å². The van der Waals surface area contributed by atoms with Gasteiger partial charge in [-0.1, -0.05) is 0 Å². The minimum atomic E-state index is -0.762. The van der Waals surface area contributed by atoms with Crippen LogP contribution in [-0.2, 0) is 4.74 Å². The molecule has 4 N–H and O–H groups in total. The number of aromatic nitrogens is 4. The monoisotopic (exact) mass is 453 g/mol. The molecule has 174 valence electrons. The summed E-state index contributed by atoms with van der Waals surface area (Å²) in [6.45, 7) is 2.81. The van der Waals surface area contributed by atoms with Gasteiger partial charge < -0.3 is 30.4 Å². The summed E-state index contributed by atoms with van der Waals surface area (Å²) in [5.41, 5.74) is 0.122. The number of hydrogen-bond acceptors (Lipinski definition) is 8. The number of pyridine rings is 1. The molecule has 11 nitrogen and oxygen atoms in total. The highest BCUT2D eigenvalue weighted by Gasteiger charge is 2.34. The van der Waals surface area contributed by atoms with Crippen molar-refractivity contribution in [2.75, 3.05) is 30.9 Å². The third-order valence-corrected chi connectivity index (χ3v) is 6.28. The van der Waals surface area contributed by atoms with E-state index in [1.165, 1.54) is 6.20 Å². The fourth-order valence-corrected chi connectivity index (χ4v) is 4.39. The van der Waals surface area contributed by atoms with Gasteiger partial charge in [0.05, 0.1) is 31.1 Å². The molecule has 1 aliphatic carbocycles. The van der Waals surface area contributed by atoms with E-state index in [0.717, 1.165) is 0 Å². The first-order chi connectivity index (χ1) is 15.8. The Hall–Kier alpha value is -3.44. The molecule has 0 aromatic carbocycles. The number of fused-ring (bicyclic) bond motifs is 1. The molecule has 2 aliphatic rings. The average Bonchev–Trinajstić information content (AvgIpc) is 3.31. The first-order valence-electron chi connectivity index (χ1n) is 11.0. The molecule has 1 aliphatic heterocycles. The van der Waals surface area contributed by atoms with Crippen LogP contribution in [0.25, 0.3) is 5.65 Å². The van der Waals surface area contributed by atoms with Gasteiger partial charge in [-0.15, -0.1) is 0 Å². The van der Waals surface area contributed by atoms with Crippen molar-refractivity contribution >= 4 is 28.9 Å². The molecule has 0 spiro atoms. The molecule has 0 unspecified atom stereocenters. The maximum Gasteiger partial charge on any atom is 0.274 e. The predicted molar refractivity (Wildman–Crippen MR) is 122 cm³/mol. The van der Waals surface area contributed by atoms with Gasteiger partial charge in [-0.3, -0.25) is 9.59 Å². The van der Waals surface area contributed by atoms with Gasteiger partial charge in [0, 0.05) is 25.4 Å². The summed E-state index contributed by atoms with van der Waals surface area (Å²) in [7, 11) is 1.74. The van der Waals surface area contributed by atoms with Crippen LogP contribution >= 0.6 is 0 Å². The Kier molecular flexibility index (Phi) is 5.29. The van der Waals surface area contributed by atoms with Crippen LogP contribution in [0.2, 0.25) is 0 Å². The van der Waals surface area contributed by atoms with Crippen LogP contribution in [0.1, 0.15) is 42.6 Å². The van der Waals surface area contributed by atoms with Gasteiger partial charge in [0.25, 0.3) is 11.5 Å². The number of rotatable bonds is 6. The molecule has 11 heteroatoms. The van der Waals surface area contributed by atoms with Crippen LogP contribution < -0.4 is 21.5 Å². The van der Waals surface area contributed by atoms with E-state index in [1.54, 1.807) is 47.4 Å². The molecule has 3 aromatic heterocycles. The van der Waals surface area contributed by atoms with Crippen molar-refractivity contribution in [1.29, 1.82) is 0 Å². The molecule has 1 amide bonds. The molecule has 2 fully saturated rings. The SMILES string of the molecule is CNc1cc(Nc2cccn(C3COC3)c2=O)nc2c(C(=O)N[C@@H]3CC[C@@](C)(O)C3)cnn12. The second-order valence-corrected chi connectivity index (χ2v) is 8.93. The van der Waals surface area contributed by atoms with Gasteiger partial charge in [-0.05, 0) is 38.3 Å². The van der Waals surface area contributed by atoms with Crippen molar-refractivity contribution in [3.05, 3.63) is 46.5 Å². The van der Waals surface area contributed by atoms with Gasteiger partial charge >= 0.3 is 0 Å². The lowest BCUT2D eigenvalue weighted by Crippen LogP contribution is -2.37. The standard InChI is InChI=1S/C22H27N7O4/c1-22(32)6-5-13(9-22)25-20(30)15-10-24-29-18(23-2)8-17(27-19(15)29)26-16-4-3-7-28(21(16)31)14-11-33-12-14/h3-4,7-8,10,13-14,23,32H,5-6,9,11-12H2,1-2H3,(H,25,30)(H,26,27)/t13-,22-/m1/s1. The second kappa shape index (κ2) is 8.16. The largest absolute Gasteiger partial charge is 0.390 e. The van der Waals surface area contributed by atoms with E-state index in [4.69, 9.17) is 4.74 Å². The van der Waals surface area contributed by atoms with E-state index in [0.29, 0.717) is 61.0 Å². The third kappa shape index (κ3) is 4.05. The lowest BCUT2D eigenvalue weighted by molar-refractivity contribution is -0.0247. The Morgan fingerprint density at radius 2 is 2.18 bits per heavy atom. The Balaban J connectivity index is 1.45. The molecule has 0 radical (unpaired) electrons. The molecule has 2 atom stereocenters. The number of aliphatic hydroxyl groups is 1. The Morgan fingerprint density at radius 1 is 1.36 bits per heavy atom. The van der Waals surface area contributed by atoms with Crippen molar-refractivity contribution in [1.82, 2.24) is 24.5 Å². The van der Waals surface area contributed by atoms with Crippen LogP contribution in [-0.4, -0.2) is 62.1 Å². The van der Waals surface area contributed by atoms with Gasteiger partial charge in [0.15, 0.2) is 5.65 Å². The quantitative estimate of drug-likeness (QED) is 0.438. The highest BCUT2D eigenvalue weighted by Crippen LogP contribution is 2.29. The van der Waals surface area contributed by atoms with Gasteiger partial charge in [0.1, 0.15) is 22.9 Å². The molecule has 1 saturated heterocycles. The van der Waals surface area contributed by atoms with Crippen molar-refractivity contribution in [2.24, 2.45) is 0 Å². The smallest absolute Gasteiger partial charge is 0.274 e. The number of nitrogens with zero attached hydrogens (tertiary/aromatic N) is 4. The van der Waals surface area contributed by atoms with E-state index in [-0.39, 0.29) is 23.6 Å². The number of nitrogens with one attached hydrogen (secondary N) is 3. The van der Waals surface area contributed by atoms with Crippen molar-refractivity contribution in [2.45, 2.75) is 43.9 Å². The summed E-state index contributed by atoms with van der Waals surface area (Å²) in [4.78, 5) is 30.5. The van der Waals surface area contributed by atoms with E-state index < -0.39 is 5.60 Å². The fraction of sp³-hybridized carbons (Fsp3) is 0.455. The molecule has 33 heavy (non-hydrogen) atoms. The summed E-state index contributed by atoms with van der Waals surface area (Å²) >= 11 is 0. The van der Waals surface area contributed by atoms with E-state index in [2.05, 4.69) is 26.0 Å². The molecule has 3 aromatic rings. The Labute approximate surface area is 189 Å². The van der Waals surface area contributed by atoms with Crippen LogP contribution in [0.3, 0.4) is 0 Å². The van der Waals surface area contributed by atoms with E-state index in [9.17, 15) is 14.7 Å². The maximum atomic E-state index is 13.0. The third-order valence-electron chi connectivity index (χ3n) is 6.28. The van der Waals surface area contributed by atoms with Crippen LogP contribution in [0, 0.1) is 0 Å². The normalized spacial score (nSPS) is 22.8. The van der Waals surface area contributed by atoms with Crippen LogP contribution in [0.4, 0.5) is 17.3 Å². The van der Waals surface area contributed by atoms with Gasteiger partial charge in [0.2, 0.25) is 0 Å². The zero-order valence-corrected chi connectivity index (χ0v) is 18.5. The van der Waals surface area contributed by atoms with Gasteiger partial charge in [-0.2, -0.15) is 9.61 Å². The fourth-order valence-electron chi connectivity index (χ4n) is 4.39. The van der Waals surface area contributed by atoms with Crippen molar-refractivity contribution in [3.63, 3.8) is 0 Å². The second-order valence-electron chi connectivity index (χ2n) is 8.93. The Bertz CT molecular complexity index is 1260. The molecule has 5 rings (SSSR count). The number of carbonyl (C=O) groups excluding carboxylic acids is 1. The topological polar surface area (TPSA) is 135 Å². The maximum absolute atomic E-state index is 13.0. The van der Waals surface area contributed by atoms with Crippen molar-refractivity contribution < 1.29 is 14.6 Å². The summed E-state index contributed by atoms with van der Waals surface area (Å²) in [5, 5.41) is 23.6.